The number of rotatable bonds is 4. The van der Waals surface area contributed by atoms with E-state index in [1.165, 1.54) is 0 Å². The van der Waals surface area contributed by atoms with Crippen LogP contribution in [0.2, 0.25) is 10.0 Å². The van der Waals surface area contributed by atoms with Crippen LogP contribution in [0, 0.1) is 0 Å². The summed E-state index contributed by atoms with van der Waals surface area (Å²) in [7, 11) is -3.95. The molecule has 0 heterocycles. The molecule has 0 aliphatic heterocycles. The SMILES string of the molecule is O=C(O)c1cc(Cl)cc(S(=O)(=O)CC(Cl)=CCl)c1Cl. The molecule has 0 bridgehead atoms. The molecule has 0 aromatic heterocycles. The second-order valence-electron chi connectivity index (χ2n) is 3.39. The van der Waals surface area contributed by atoms with Crippen molar-refractivity contribution in [2.45, 2.75) is 4.90 Å². The van der Waals surface area contributed by atoms with Crippen molar-refractivity contribution in [2.24, 2.45) is 0 Å². The van der Waals surface area contributed by atoms with E-state index in [0.29, 0.717) is 0 Å². The molecule has 1 rings (SSSR count). The Labute approximate surface area is 129 Å². The fraction of sp³-hybridized carbons (Fsp3) is 0.100. The van der Waals surface area contributed by atoms with Gasteiger partial charge in [-0.25, -0.2) is 13.2 Å². The van der Waals surface area contributed by atoms with Gasteiger partial charge < -0.3 is 5.11 Å². The van der Waals surface area contributed by atoms with Gasteiger partial charge in [0.2, 0.25) is 0 Å². The summed E-state index contributed by atoms with van der Waals surface area (Å²) in [5.41, 5.74) is 0.495. The van der Waals surface area contributed by atoms with Gasteiger partial charge in [0.15, 0.2) is 9.84 Å². The van der Waals surface area contributed by atoms with Gasteiger partial charge in [-0.05, 0) is 12.1 Å². The Kier molecular flexibility index (Phi) is 5.53. The van der Waals surface area contributed by atoms with Crippen LogP contribution in [0.3, 0.4) is 0 Å². The van der Waals surface area contributed by atoms with E-state index in [-0.39, 0.29) is 10.1 Å². The molecule has 0 saturated carbocycles. The third-order valence-electron chi connectivity index (χ3n) is 2.02. The van der Waals surface area contributed by atoms with Gasteiger partial charge in [0, 0.05) is 15.6 Å². The summed E-state index contributed by atoms with van der Waals surface area (Å²) in [6, 6.07) is 2.12. The largest absolute Gasteiger partial charge is 0.478 e. The van der Waals surface area contributed by atoms with Gasteiger partial charge >= 0.3 is 5.97 Å². The highest BCUT2D eigenvalue weighted by Crippen LogP contribution is 2.31. The van der Waals surface area contributed by atoms with Gasteiger partial charge in [-0.2, -0.15) is 0 Å². The molecule has 0 spiro atoms. The predicted octanol–water partition coefficient (Wildman–Crippen LogP) is 3.78. The highest BCUT2D eigenvalue weighted by Gasteiger charge is 2.24. The molecule has 0 atom stereocenters. The molecule has 0 amide bonds. The second kappa shape index (κ2) is 6.33. The van der Waals surface area contributed by atoms with Crippen LogP contribution in [-0.4, -0.2) is 25.2 Å². The maximum absolute atomic E-state index is 12.0. The molecule has 9 heteroatoms. The number of carboxylic acid groups (broad SMARTS) is 1. The zero-order valence-electron chi connectivity index (χ0n) is 9.03. The number of hydrogen-bond donors (Lipinski definition) is 1. The number of sulfone groups is 1. The smallest absolute Gasteiger partial charge is 0.337 e. The maximum atomic E-state index is 12.0. The van der Waals surface area contributed by atoms with Crippen LogP contribution in [-0.2, 0) is 9.84 Å². The van der Waals surface area contributed by atoms with Crippen molar-refractivity contribution in [3.63, 3.8) is 0 Å². The highest BCUT2D eigenvalue weighted by molar-refractivity contribution is 7.91. The molecule has 1 N–H and O–H groups in total. The van der Waals surface area contributed by atoms with Crippen molar-refractivity contribution in [2.75, 3.05) is 5.75 Å². The topological polar surface area (TPSA) is 71.4 Å². The first-order valence-electron chi connectivity index (χ1n) is 4.59. The quantitative estimate of drug-likeness (QED) is 0.883. The van der Waals surface area contributed by atoms with Crippen molar-refractivity contribution in [3.8, 4) is 0 Å². The van der Waals surface area contributed by atoms with Crippen LogP contribution in [0.1, 0.15) is 10.4 Å². The zero-order valence-corrected chi connectivity index (χ0v) is 12.9. The van der Waals surface area contributed by atoms with Crippen LogP contribution < -0.4 is 0 Å². The fourth-order valence-corrected chi connectivity index (χ4v) is 3.95. The number of benzene rings is 1. The summed E-state index contributed by atoms with van der Waals surface area (Å²) >= 11 is 22.3. The standard InChI is InChI=1S/C10H6Cl4O4S/c11-3-6(13)4-19(17,18)8-2-5(12)1-7(9(8)14)10(15)16/h1-3H,4H2,(H,15,16). The van der Waals surface area contributed by atoms with Gasteiger partial charge in [0.1, 0.15) is 0 Å². The van der Waals surface area contributed by atoms with E-state index in [2.05, 4.69) is 0 Å². The number of carbonyl (C=O) groups is 1. The first kappa shape index (κ1) is 16.6. The normalized spacial score (nSPS) is 12.5. The van der Waals surface area contributed by atoms with Gasteiger partial charge in [0.25, 0.3) is 0 Å². The Bertz CT molecular complexity index is 652. The van der Waals surface area contributed by atoms with Crippen LogP contribution >= 0.6 is 46.4 Å². The van der Waals surface area contributed by atoms with E-state index >= 15 is 0 Å². The lowest BCUT2D eigenvalue weighted by atomic mass is 10.2. The summed E-state index contributed by atoms with van der Waals surface area (Å²) in [5, 5.41) is 8.30. The Morgan fingerprint density at radius 3 is 2.37 bits per heavy atom. The molecule has 19 heavy (non-hydrogen) atoms. The van der Waals surface area contributed by atoms with Gasteiger partial charge in [0.05, 0.1) is 21.2 Å². The minimum Gasteiger partial charge on any atom is -0.478 e. The predicted molar refractivity (Wildman–Crippen MR) is 75.3 cm³/mol. The van der Waals surface area contributed by atoms with Gasteiger partial charge in [-0.3, -0.25) is 0 Å². The second-order valence-corrected chi connectivity index (χ2v) is 6.86. The molecular formula is C10H6Cl4O4S. The van der Waals surface area contributed by atoms with Crippen LogP contribution in [0.5, 0.6) is 0 Å². The Balaban J connectivity index is 3.47. The summed E-state index contributed by atoms with van der Waals surface area (Å²) in [6.45, 7) is 0. The molecular weight excluding hydrogens is 358 g/mol. The minimum absolute atomic E-state index is 0.0636. The van der Waals surface area contributed by atoms with E-state index in [4.69, 9.17) is 51.5 Å². The molecule has 0 radical (unpaired) electrons. The number of halogens is 4. The van der Waals surface area contributed by atoms with Gasteiger partial charge in [-0.15, -0.1) is 0 Å². The van der Waals surface area contributed by atoms with Crippen molar-refractivity contribution in [3.05, 3.63) is 38.3 Å². The third kappa shape index (κ3) is 4.00. The molecule has 0 saturated heterocycles. The molecule has 0 aliphatic carbocycles. The van der Waals surface area contributed by atoms with Crippen molar-refractivity contribution in [1.82, 2.24) is 0 Å². The zero-order chi connectivity index (χ0) is 14.8. The van der Waals surface area contributed by atoms with E-state index < -0.39 is 37.0 Å². The average molecular weight is 364 g/mol. The molecule has 1 aromatic carbocycles. The lowest BCUT2D eigenvalue weighted by Crippen LogP contribution is -2.10. The molecule has 1 aromatic rings. The van der Waals surface area contributed by atoms with Crippen LogP contribution in [0.15, 0.2) is 27.6 Å². The van der Waals surface area contributed by atoms with E-state index in [9.17, 15) is 13.2 Å². The monoisotopic (exact) mass is 362 g/mol. The number of hydrogen-bond acceptors (Lipinski definition) is 3. The first-order chi connectivity index (χ1) is 8.69. The lowest BCUT2D eigenvalue weighted by Gasteiger charge is -2.09. The summed E-state index contributed by atoms with van der Waals surface area (Å²) in [6.07, 6.45) is 0. The van der Waals surface area contributed by atoms with Crippen molar-refractivity contribution < 1.29 is 18.3 Å². The summed E-state index contributed by atoms with van der Waals surface area (Å²) in [4.78, 5) is 10.5. The van der Waals surface area contributed by atoms with Crippen LogP contribution in [0.4, 0.5) is 0 Å². The Hall–Kier alpha value is -0.460. The number of carboxylic acids is 1. The fourth-order valence-electron chi connectivity index (χ4n) is 1.24. The number of aromatic carboxylic acids is 1. The lowest BCUT2D eigenvalue weighted by molar-refractivity contribution is 0.0697. The third-order valence-corrected chi connectivity index (χ3v) is 5.21. The van der Waals surface area contributed by atoms with Crippen molar-refractivity contribution >= 4 is 62.2 Å². The van der Waals surface area contributed by atoms with E-state index in [1.807, 2.05) is 0 Å². The minimum atomic E-state index is -3.95. The van der Waals surface area contributed by atoms with E-state index in [1.54, 1.807) is 0 Å². The van der Waals surface area contributed by atoms with Crippen molar-refractivity contribution in [1.29, 1.82) is 0 Å². The Morgan fingerprint density at radius 1 is 1.32 bits per heavy atom. The van der Waals surface area contributed by atoms with E-state index in [0.717, 1.165) is 17.7 Å². The molecule has 104 valence electrons. The average Bonchev–Trinajstić information content (AvgIpc) is 2.30. The summed E-state index contributed by atoms with van der Waals surface area (Å²) < 4.78 is 24.1. The first-order valence-corrected chi connectivity index (χ1v) is 7.81. The molecule has 0 fully saturated rings. The summed E-state index contributed by atoms with van der Waals surface area (Å²) in [5.74, 6) is -1.99. The van der Waals surface area contributed by atoms with Gasteiger partial charge in [-0.1, -0.05) is 46.4 Å². The highest BCUT2D eigenvalue weighted by atomic mass is 35.5. The maximum Gasteiger partial charge on any atom is 0.337 e. The molecule has 0 unspecified atom stereocenters. The molecule has 4 nitrogen and oxygen atoms in total. The Morgan fingerprint density at radius 2 is 1.89 bits per heavy atom. The van der Waals surface area contributed by atoms with Crippen LogP contribution in [0.25, 0.3) is 0 Å². The molecule has 0 aliphatic rings.